The van der Waals surface area contributed by atoms with Crippen LogP contribution in [-0.2, 0) is 28.8 Å². The number of nitrogens with zero attached hydrogens (tertiary/aromatic N) is 2. The molecule has 0 aliphatic heterocycles. The topological polar surface area (TPSA) is 25.8 Å². The predicted molar refractivity (Wildman–Crippen MR) is 206 cm³/mol. The molecule has 0 aliphatic rings. The van der Waals surface area contributed by atoms with Crippen LogP contribution in [0.1, 0.15) is 18.9 Å². The van der Waals surface area contributed by atoms with Crippen molar-refractivity contribution in [1.29, 1.82) is 0 Å². The van der Waals surface area contributed by atoms with E-state index in [-0.39, 0.29) is 22.4 Å². The fourth-order valence-corrected chi connectivity index (χ4v) is 11.1. The van der Waals surface area contributed by atoms with Crippen molar-refractivity contribution in [2.45, 2.75) is 19.8 Å². The monoisotopic (exact) mass is 877 g/mol. The molecule has 49 heavy (non-hydrogen) atoms. The second-order valence-electron chi connectivity index (χ2n) is 11.7. The average molecular weight is 878 g/mol. The van der Waals surface area contributed by atoms with E-state index in [9.17, 15) is 0 Å². The molecule has 8 rings (SSSR count). The standard InChI is InChI=1S/C27H22N2.C18H15As.Au/c1-2-7-19-8-6-11-21(18-19)23-15-17-29-27-25(23)13-12-24-22(14-16-28-26(24)27)20-9-4-3-5-10-20;1-4-10-16(11-5-1)19(17-12-6-2-7-13-17)18-14-8-3-9-15-18;/h3-6,8-18H,2,7H2,1H3;1-15H;. The zero-order chi connectivity index (χ0) is 32.5. The van der Waals surface area contributed by atoms with Crippen LogP contribution in [0, 0.1) is 0 Å². The summed E-state index contributed by atoms with van der Waals surface area (Å²) in [5.74, 6) is 0. The number of benzene rings is 6. The summed E-state index contributed by atoms with van der Waals surface area (Å²) in [4.78, 5) is 9.44. The van der Waals surface area contributed by atoms with E-state index < -0.39 is 14.7 Å². The maximum absolute atomic E-state index is 4.73. The molecule has 0 bridgehead atoms. The van der Waals surface area contributed by atoms with E-state index in [2.05, 4.69) is 171 Å². The van der Waals surface area contributed by atoms with Gasteiger partial charge >= 0.3 is 119 Å². The first kappa shape index (κ1) is 34.3. The van der Waals surface area contributed by atoms with Crippen LogP contribution in [-0.4, -0.2) is 24.6 Å². The minimum atomic E-state index is -1.39. The van der Waals surface area contributed by atoms with E-state index >= 15 is 0 Å². The van der Waals surface area contributed by atoms with Gasteiger partial charge in [0, 0.05) is 45.5 Å². The summed E-state index contributed by atoms with van der Waals surface area (Å²) in [6, 6.07) is 60.6. The first-order valence-corrected chi connectivity index (χ1v) is 19.4. The van der Waals surface area contributed by atoms with Crippen molar-refractivity contribution in [2.24, 2.45) is 0 Å². The molecule has 0 fully saturated rings. The first-order valence-electron chi connectivity index (χ1n) is 16.6. The first-order chi connectivity index (χ1) is 23.8. The van der Waals surface area contributed by atoms with Gasteiger partial charge in [0.2, 0.25) is 0 Å². The quantitative estimate of drug-likeness (QED) is 0.118. The summed E-state index contributed by atoms with van der Waals surface area (Å²) in [5, 5.41) is 2.28. The van der Waals surface area contributed by atoms with Crippen molar-refractivity contribution in [3.63, 3.8) is 0 Å². The van der Waals surface area contributed by atoms with Gasteiger partial charge in [-0.25, -0.2) is 0 Å². The Kier molecular flexibility index (Phi) is 11.7. The van der Waals surface area contributed by atoms with Crippen LogP contribution in [0.2, 0.25) is 0 Å². The van der Waals surface area contributed by atoms with Crippen molar-refractivity contribution in [1.82, 2.24) is 9.97 Å². The molecule has 0 unspecified atom stereocenters. The molecule has 2 heterocycles. The molecule has 0 saturated carbocycles. The van der Waals surface area contributed by atoms with Gasteiger partial charge in [-0.05, 0) is 46.4 Å². The molecule has 2 aromatic heterocycles. The van der Waals surface area contributed by atoms with Crippen LogP contribution in [0.25, 0.3) is 44.1 Å². The van der Waals surface area contributed by atoms with Gasteiger partial charge in [-0.15, -0.1) is 0 Å². The van der Waals surface area contributed by atoms with Gasteiger partial charge in [-0.2, -0.15) is 0 Å². The number of aryl methyl sites for hydroxylation is 1. The van der Waals surface area contributed by atoms with Crippen molar-refractivity contribution in [2.75, 3.05) is 0 Å². The molecule has 243 valence electrons. The van der Waals surface area contributed by atoms with Crippen LogP contribution >= 0.6 is 0 Å². The Morgan fingerprint density at radius 3 is 1.35 bits per heavy atom. The van der Waals surface area contributed by atoms with E-state index in [0.717, 1.165) is 34.6 Å². The van der Waals surface area contributed by atoms with E-state index in [1.165, 1.54) is 40.9 Å². The molecule has 0 spiro atoms. The molecule has 8 aromatic rings. The molecular weight excluding hydrogens is 840 g/mol. The summed E-state index contributed by atoms with van der Waals surface area (Å²) >= 11 is -1.39. The Balaban J connectivity index is 0.000000181. The molecule has 6 aromatic carbocycles. The van der Waals surface area contributed by atoms with E-state index in [4.69, 9.17) is 9.97 Å². The molecule has 0 N–H and O–H groups in total. The van der Waals surface area contributed by atoms with E-state index in [0.29, 0.717) is 0 Å². The fraction of sp³-hybridized carbons (Fsp3) is 0.0667. The van der Waals surface area contributed by atoms with Crippen molar-refractivity contribution in [3.05, 3.63) is 188 Å². The SMILES string of the molecule is CCCc1cccc(-c2ccnc3c2ccc2c(-c4ccccc4)ccnc23)c1.[Au].c1ccc([As](c2ccccc2)c2ccccc2)cc1. The molecule has 0 amide bonds. The summed E-state index contributed by atoms with van der Waals surface area (Å²) in [7, 11) is 0. The molecule has 0 saturated heterocycles. The number of rotatable bonds is 7. The summed E-state index contributed by atoms with van der Waals surface area (Å²) in [6.45, 7) is 2.22. The maximum atomic E-state index is 4.73. The Labute approximate surface area is 309 Å². The summed E-state index contributed by atoms with van der Waals surface area (Å²) < 4.78 is 4.44. The minimum absolute atomic E-state index is 0. The van der Waals surface area contributed by atoms with Crippen molar-refractivity contribution < 1.29 is 22.4 Å². The van der Waals surface area contributed by atoms with Crippen LogP contribution in [0.4, 0.5) is 0 Å². The van der Waals surface area contributed by atoms with E-state index in [1.54, 1.807) is 0 Å². The Morgan fingerprint density at radius 2 is 0.878 bits per heavy atom. The number of pyridine rings is 2. The zero-order valence-corrected chi connectivity index (χ0v) is 31.4. The molecule has 1 radical (unpaired) electrons. The molecule has 0 aliphatic carbocycles. The second kappa shape index (κ2) is 16.7. The fourth-order valence-electron chi connectivity index (χ4n) is 6.31. The van der Waals surface area contributed by atoms with Crippen LogP contribution in [0.5, 0.6) is 0 Å². The molecule has 0 atom stereocenters. The number of hydrogen-bond donors (Lipinski definition) is 0. The Hall–Kier alpha value is -4.56. The van der Waals surface area contributed by atoms with E-state index in [1.807, 2.05) is 18.5 Å². The van der Waals surface area contributed by atoms with Crippen molar-refractivity contribution >= 4 is 49.5 Å². The molecule has 2 nitrogen and oxygen atoms in total. The van der Waals surface area contributed by atoms with Gasteiger partial charge in [0.25, 0.3) is 0 Å². The normalized spacial score (nSPS) is 10.7. The third kappa shape index (κ3) is 7.86. The van der Waals surface area contributed by atoms with Crippen LogP contribution < -0.4 is 13.1 Å². The van der Waals surface area contributed by atoms with Crippen molar-refractivity contribution in [3.8, 4) is 22.3 Å². The second-order valence-corrected chi connectivity index (χ2v) is 16.4. The summed E-state index contributed by atoms with van der Waals surface area (Å²) in [6.07, 6.45) is 6.04. The summed E-state index contributed by atoms with van der Waals surface area (Å²) in [5.41, 5.74) is 8.12. The van der Waals surface area contributed by atoms with Gasteiger partial charge in [0.05, 0.1) is 11.0 Å². The Morgan fingerprint density at radius 1 is 0.449 bits per heavy atom. The van der Waals surface area contributed by atoms with Gasteiger partial charge in [-0.3, -0.25) is 9.97 Å². The third-order valence-corrected chi connectivity index (χ3v) is 13.7. The molecule has 4 heteroatoms. The predicted octanol–water partition coefficient (Wildman–Crippen LogP) is 9.27. The number of fused-ring (bicyclic) bond motifs is 3. The van der Waals surface area contributed by atoms with Gasteiger partial charge < -0.3 is 0 Å². The van der Waals surface area contributed by atoms with Gasteiger partial charge in [-0.1, -0.05) is 80.1 Å². The number of hydrogen-bond acceptors (Lipinski definition) is 2. The zero-order valence-electron chi connectivity index (χ0n) is 27.4. The van der Waals surface area contributed by atoms with Gasteiger partial charge in [0.1, 0.15) is 0 Å². The van der Waals surface area contributed by atoms with Crippen LogP contribution in [0.15, 0.2) is 182 Å². The van der Waals surface area contributed by atoms with Gasteiger partial charge in [0.15, 0.2) is 0 Å². The van der Waals surface area contributed by atoms with Crippen LogP contribution in [0.3, 0.4) is 0 Å². The third-order valence-electron chi connectivity index (χ3n) is 8.53. The average Bonchev–Trinajstić information content (AvgIpc) is 3.16. The molecular formula is C45H37AsAuN2. The number of aromatic nitrogens is 2. The Bertz CT molecular complexity index is 2150.